The predicted octanol–water partition coefficient (Wildman–Crippen LogP) is 2.23. The molecule has 1 aliphatic heterocycles. The van der Waals surface area contributed by atoms with Crippen LogP contribution < -0.4 is 9.47 Å². The minimum atomic E-state index is -0.232. The zero-order chi connectivity index (χ0) is 15.2. The summed E-state index contributed by atoms with van der Waals surface area (Å²) in [5.74, 6) is 0.739. The number of aliphatic hydroxyl groups excluding tert-OH is 1. The number of halogens is 1. The Kier molecular flexibility index (Phi) is 5.70. The van der Waals surface area contributed by atoms with E-state index >= 15 is 0 Å². The van der Waals surface area contributed by atoms with Gasteiger partial charge >= 0.3 is 0 Å². The van der Waals surface area contributed by atoms with Crippen LogP contribution in [0.3, 0.4) is 0 Å². The third-order valence-corrected chi connectivity index (χ3v) is 3.75. The molecule has 1 aromatic rings. The quantitative estimate of drug-likeness (QED) is 0.905. The minimum absolute atomic E-state index is 0.0457. The number of likely N-dealkylation sites (tertiary alicyclic amines) is 1. The molecule has 0 bridgehead atoms. The van der Waals surface area contributed by atoms with Crippen LogP contribution >= 0.6 is 11.6 Å². The first-order valence-corrected chi connectivity index (χ1v) is 7.41. The Hall–Kier alpha value is -1.46. The van der Waals surface area contributed by atoms with Crippen molar-refractivity contribution in [3.63, 3.8) is 0 Å². The molecular weight excluding hydrogens is 294 g/mol. The average Bonchev–Trinajstić information content (AvgIpc) is 2.53. The molecule has 0 unspecified atom stereocenters. The maximum atomic E-state index is 12.1. The number of hydrogen-bond acceptors (Lipinski definition) is 4. The van der Waals surface area contributed by atoms with Crippen molar-refractivity contribution in [1.82, 2.24) is 4.90 Å². The third kappa shape index (κ3) is 4.02. The molecule has 1 heterocycles. The molecule has 2 rings (SSSR count). The molecule has 6 heteroatoms. The van der Waals surface area contributed by atoms with Gasteiger partial charge in [-0.25, -0.2) is 0 Å². The number of carbonyl (C=O) groups excluding carboxylic acids is 1. The lowest BCUT2D eigenvalue weighted by Gasteiger charge is -2.26. The molecule has 5 nitrogen and oxygen atoms in total. The van der Waals surface area contributed by atoms with E-state index in [-0.39, 0.29) is 19.1 Å². The summed E-state index contributed by atoms with van der Waals surface area (Å²) in [6, 6.07) is 3.20. The lowest BCUT2D eigenvalue weighted by molar-refractivity contribution is -0.134. The van der Waals surface area contributed by atoms with Crippen molar-refractivity contribution >= 4 is 17.5 Å². The largest absolute Gasteiger partial charge is 0.493 e. The first kappa shape index (κ1) is 15.9. The number of methoxy groups -OCH3 is 1. The van der Waals surface area contributed by atoms with Crippen LogP contribution in [0.5, 0.6) is 11.5 Å². The lowest BCUT2D eigenvalue weighted by atomic mass is 10.1. The number of ether oxygens (including phenoxy) is 2. The molecule has 0 aromatic heterocycles. The van der Waals surface area contributed by atoms with Crippen molar-refractivity contribution in [1.29, 1.82) is 0 Å². The number of piperidine rings is 1. The van der Waals surface area contributed by atoms with E-state index in [1.165, 1.54) is 13.5 Å². The minimum Gasteiger partial charge on any atom is -0.493 e. The van der Waals surface area contributed by atoms with Gasteiger partial charge in [0.1, 0.15) is 0 Å². The van der Waals surface area contributed by atoms with E-state index in [0.29, 0.717) is 22.1 Å². The Bertz CT molecular complexity index is 475. The molecule has 1 fully saturated rings. The van der Waals surface area contributed by atoms with Crippen molar-refractivity contribution < 1.29 is 19.4 Å². The summed E-state index contributed by atoms with van der Waals surface area (Å²) in [6.07, 6.45) is 3.25. The van der Waals surface area contributed by atoms with E-state index in [0.717, 1.165) is 25.9 Å². The molecule has 116 valence electrons. The van der Waals surface area contributed by atoms with Gasteiger partial charge in [-0.2, -0.15) is 0 Å². The molecule has 1 aliphatic rings. The zero-order valence-electron chi connectivity index (χ0n) is 12.1. The summed E-state index contributed by atoms with van der Waals surface area (Å²) >= 11 is 5.94. The van der Waals surface area contributed by atoms with Crippen LogP contribution in [0.25, 0.3) is 0 Å². The number of rotatable bonds is 5. The van der Waals surface area contributed by atoms with Gasteiger partial charge in [0.15, 0.2) is 18.1 Å². The van der Waals surface area contributed by atoms with Crippen LogP contribution in [0.2, 0.25) is 5.02 Å². The van der Waals surface area contributed by atoms with Crippen molar-refractivity contribution in [3.05, 3.63) is 22.7 Å². The Morgan fingerprint density at radius 2 is 2.05 bits per heavy atom. The number of hydrogen-bond donors (Lipinski definition) is 1. The van der Waals surface area contributed by atoms with Crippen molar-refractivity contribution in [2.75, 3.05) is 26.8 Å². The normalized spacial score (nSPS) is 14.9. The maximum absolute atomic E-state index is 12.1. The topological polar surface area (TPSA) is 59.0 Å². The number of benzene rings is 1. The van der Waals surface area contributed by atoms with Gasteiger partial charge in [0.05, 0.1) is 13.7 Å². The summed E-state index contributed by atoms with van der Waals surface area (Å²) in [7, 11) is 1.49. The second-order valence-electron chi connectivity index (χ2n) is 4.98. The number of carbonyl (C=O) groups is 1. The molecule has 0 spiro atoms. The van der Waals surface area contributed by atoms with Crippen LogP contribution in [0.15, 0.2) is 12.1 Å². The lowest BCUT2D eigenvalue weighted by Crippen LogP contribution is -2.38. The number of amides is 1. The van der Waals surface area contributed by atoms with Crippen molar-refractivity contribution in [2.24, 2.45) is 0 Å². The summed E-state index contributed by atoms with van der Waals surface area (Å²) in [6.45, 7) is 1.27. The van der Waals surface area contributed by atoms with E-state index in [4.69, 9.17) is 21.1 Å². The standard InChI is InChI=1S/C15H20ClNO4/c1-20-13-8-12(16)7-11(9-18)15(13)21-10-14(19)17-5-3-2-4-6-17/h7-8,18H,2-6,9-10H2,1H3. The van der Waals surface area contributed by atoms with E-state index in [2.05, 4.69) is 0 Å². The van der Waals surface area contributed by atoms with Gasteiger partial charge in [0.25, 0.3) is 5.91 Å². The molecule has 1 N–H and O–H groups in total. The highest BCUT2D eigenvalue weighted by atomic mass is 35.5. The second-order valence-corrected chi connectivity index (χ2v) is 5.42. The average molecular weight is 314 g/mol. The summed E-state index contributed by atoms with van der Waals surface area (Å²) < 4.78 is 10.8. The fraction of sp³-hybridized carbons (Fsp3) is 0.533. The Labute approximate surface area is 129 Å². The monoisotopic (exact) mass is 313 g/mol. The van der Waals surface area contributed by atoms with Gasteiger partial charge in [-0.1, -0.05) is 11.6 Å². The van der Waals surface area contributed by atoms with E-state index in [9.17, 15) is 9.90 Å². The van der Waals surface area contributed by atoms with Crippen LogP contribution in [0, 0.1) is 0 Å². The molecule has 1 saturated heterocycles. The predicted molar refractivity (Wildman–Crippen MR) is 79.9 cm³/mol. The second kappa shape index (κ2) is 7.52. The van der Waals surface area contributed by atoms with Crippen LogP contribution in [0.4, 0.5) is 0 Å². The van der Waals surface area contributed by atoms with Crippen molar-refractivity contribution in [2.45, 2.75) is 25.9 Å². The van der Waals surface area contributed by atoms with Crippen LogP contribution in [0.1, 0.15) is 24.8 Å². The molecule has 0 radical (unpaired) electrons. The van der Waals surface area contributed by atoms with Gasteiger partial charge in [0, 0.05) is 29.7 Å². The van der Waals surface area contributed by atoms with Gasteiger partial charge in [-0.15, -0.1) is 0 Å². The van der Waals surface area contributed by atoms with E-state index in [1.54, 1.807) is 12.1 Å². The van der Waals surface area contributed by atoms with E-state index < -0.39 is 0 Å². The summed E-state index contributed by atoms with van der Waals surface area (Å²) in [5.41, 5.74) is 0.505. The molecule has 21 heavy (non-hydrogen) atoms. The fourth-order valence-corrected chi connectivity index (χ4v) is 2.65. The van der Waals surface area contributed by atoms with Gasteiger partial charge < -0.3 is 19.5 Å². The molecular formula is C15H20ClNO4. The highest BCUT2D eigenvalue weighted by Gasteiger charge is 2.19. The fourth-order valence-electron chi connectivity index (χ4n) is 2.42. The summed E-state index contributed by atoms with van der Waals surface area (Å²) in [4.78, 5) is 13.9. The van der Waals surface area contributed by atoms with Crippen molar-refractivity contribution in [3.8, 4) is 11.5 Å². The van der Waals surface area contributed by atoms with Crippen LogP contribution in [-0.4, -0.2) is 42.7 Å². The molecule has 1 aromatic carbocycles. The molecule has 0 aliphatic carbocycles. The first-order chi connectivity index (χ1) is 10.2. The van der Waals surface area contributed by atoms with Gasteiger partial charge in [0.2, 0.25) is 0 Å². The highest BCUT2D eigenvalue weighted by molar-refractivity contribution is 6.30. The Morgan fingerprint density at radius 3 is 2.67 bits per heavy atom. The zero-order valence-corrected chi connectivity index (χ0v) is 12.9. The Morgan fingerprint density at radius 1 is 1.33 bits per heavy atom. The highest BCUT2D eigenvalue weighted by Crippen LogP contribution is 2.34. The number of aliphatic hydroxyl groups is 1. The van der Waals surface area contributed by atoms with Gasteiger partial charge in [-0.05, 0) is 25.3 Å². The molecule has 0 saturated carbocycles. The first-order valence-electron chi connectivity index (χ1n) is 7.03. The molecule has 0 atom stereocenters. The van der Waals surface area contributed by atoms with Crippen LogP contribution in [-0.2, 0) is 11.4 Å². The van der Waals surface area contributed by atoms with E-state index in [1.807, 2.05) is 4.90 Å². The smallest absolute Gasteiger partial charge is 0.260 e. The Balaban J connectivity index is 2.06. The summed E-state index contributed by atoms with van der Waals surface area (Å²) in [5, 5.41) is 9.84. The third-order valence-electron chi connectivity index (χ3n) is 3.54. The number of nitrogens with zero attached hydrogens (tertiary/aromatic N) is 1. The SMILES string of the molecule is COc1cc(Cl)cc(CO)c1OCC(=O)N1CCCCC1. The molecule has 1 amide bonds. The maximum Gasteiger partial charge on any atom is 0.260 e. The van der Waals surface area contributed by atoms with Gasteiger partial charge in [-0.3, -0.25) is 4.79 Å².